The molecule has 3 heteroatoms. The van der Waals surface area contributed by atoms with Crippen LogP contribution < -0.4 is 10.6 Å². The van der Waals surface area contributed by atoms with E-state index in [0.29, 0.717) is 0 Å². The number of pyridine rings is 1. The zero-order valence-electron chi connectivity index (χ0n) is 8.77. The standard InChI is InChI=1S/C11H17N3/c1-4-7-14(3)11-8-10(9(2)12)5-6-13-11/h4-6,8-9H,1,7,12H2,2-3H3/t9-/m0/s1. The third-order valence-electron chi connectivity index (χ3n) is 2.09. The lowest BCUT2D eigenvalue weighted by Crippen LogP contribution is -2.18. The maximum atomic E-state index is 5.79. The summed E-state index contributed by atoms with van der Waals surface area (Å²) in [5.41, 5.74) is 6.89. The summed E-state index contributed by atoms with van der Waals surface area (Å²) in [7, 11) is 1.98. The minimum Gasteiger partial charge on any atom is -0.356 e. The van der Waals surface area contributed by atoms with Crippen molar-refractivity contribution in [3.05, 3.63) is 36.5 Å². The van der Waals surface area contributed by atoms with E-state index in [0.717, 1.165) is 17.9 Å². The molecule has 1 aromatic heterocycles. The Morgan fingerprint density at radius 2 is 2.43 bits per heavy atom. The highest BCUT2D eigenvalue weighted by atomic mass is 15.1. The molecule has 0 radical (unpaired) electrons. The van der Waals surface area contributed by atoms with Crippen LogP contribution in [0.25, 0.3) is 0 Å². The van der Waals surface area contributed by atoms with E-state index >= 15 is 0 Å². The molecule has 1 rings (SSSR count). The van der Waals surface area contributed by atoms with E-state index in [1.54, 1.807) is 6.20 Å². The molecule has 0 aliphatic carbocycles. The zero-order valence-corrected chi connectivity index (χ0v) is 8.77. The van der Waals surface area contributed by atoms with E-state index < -0.39 is 0 Å². The molecular weight excluding hydrogens is 174 g/mol. The fourth-order valence-corrected chi connectivity index (χ4v) is 1.21. The van der Waals surface area contributed by atoms with Crippen molar-refractivity contribution in [2.75, 3.05) is 18.5 Å². The molecule has 0 amide bonds. The average Bonchev–Trinajstić information content (AvgIpc) is 2.18. The maximum Gasteiger partial charge on any atom is 0.128 e. The summed E-state index contributed by atoms with van der Waals surface area (Å²) in [6, 6.07) is 4.00. The van der Waals surface area contributed by atoms with Crippen LogP contribution in [0.1, 0.15) is 18.5 Å². The van der Waals surface area contributed by atoms with Gasteiger partial charge >= 0.3 is 0 Å². The van der Waals surface area contributed by atoms with Crippen LogP contribution in [0.4, 0.5) is 5.82 Å². The lowest BCUT2D eigenvalue weighted by atomic mass is 10.1. The van der Waals surface area contributed by atoms with Crippen LogP contribution in [-0.4, -0.2) is 18.6 Å². The highest BCUT2D eigenvalue weighted by Crippen LogP contribution is 2.15. The number of aromatic nitrogens is 1. The van der Waals surface area contributed by atoms with E-state index in [1.807, 2.05) is 37.1 Å². The molecule has 1 aromatic rings. The van der Waals surface area contributed by atoms with Gasteiger partial charge in [0.2, 0.25) is 0 Å². The molecule has 1 atom stereocenters. The summed E-state index contributed by atoms with van der Waals surface area (Å²) in [6.07, 6.45) is 3.63. The maximum absolute atomic E-state index is 5.79. The van der Waals surface area contributed by atoms with Gasteiger partial charge in [-0.25, -0.2) is 4.98 Å². The molecule has 0 aliphatic heterocycles. The first kappa shape index (κ1) is 10.7. The van der Waals surface area contributed by atoms with Crippen LogP contribution in [0.15, 0.2) is 31.0 Å². The molecule has 0 fully saturated rings. The number of likely N-dealkylation sites (N-methyl/N-ethyl adjacent to an activating group) is 1. The second-order valence-corrected chi connectivity index (χ2v) is 3.41. The topological polar surface area (TPSA) is 42.1 Å². The van der Waals surface area contributed by atoms with Crippen molar-refractivity contribution in [3.8, 4) is 0 Å². The van der Waals surface area contributed by atoms with E-state index in [2.05, 4.69) is 11.6 Å². The Hall–Kier alpha value is -1.35. The smallest absolute Gasteiger partial charge is 0.128 e. The van der Waals surface area contributed by atoms with Crippen LogP contribution in [0.5, 0.6) is 0 Å². The van der Waals surface area contributed by atoms with Gasteiger partial charge in [0.05, 0.1) is 0 Å². The van der Waals surface area contributed by atoms with Crippen LogP contribution in [0, 0.1) is 0 Å². The number of anilines is 1. The number of hydrogen-bond acceptors (Lipinski definition) is 3. The highest BCUT2D eigenvalue weighted by Gasteiger charge is 2.03. The quantitative estimate of drug-likeness (QED) is 0.737. The van der Waals surface area contributed by atoms with Gasteiger partial charge in [-0.15, -0.1) is 6.58 Å². The van der Waals surface area contributed by atoms with Gasteiger partial charge in [-0.05, 0) is 24.6 Å². The highest BCUT2D eigenvalue weighted by molar-refractivity contribution is 5.41. The molecule has 0 unspecified atom stereocenters. The number of rotatable bonds is 4. The van der Waals surface area contributed by atoms with Crippen LogP contribution in [0.2, 0.25) is 0 Å². The first-order valence-electron chi connectivity index (χ1n) is 4.68. The van der Waals surface area contributed by atoms with Gasteiger partial charge in [0.15, 0.2) is 0 Å². The first-order valence-corrected chi connectivity index (χ1v) is 4.68. The fourth-order valence-electron chi connectivity index (χ4n) is 1.21. The van der Waals surface area contributed by atoms with E-state index in [9.17, 15) is 0 Å². The van der Waals surface area contributed by atoms with Gasteiger partial charge in [0.25, 0.3) is 0 Å². The van der Waals surface area contributed by atoms with Crippen molar-refractivity contribution < 1.29 is 0 Å². The van der Waals surface area contributed by atoms with Crippen molar-refractivity contribution in [3.63, 3.8) is 0 Å². The normalized spacial score (nSPS) is 12.2. The number of hydrogen-bond donors (Lipinski definition) is 1. The minimum absolute atomic E-state index is 0.0499. The molecule has 2 N–H and O–H groups in total. The molecule has 0 bridgehead atoms. The summed E-state index contributed by atoms with van der Waals surface area (Å²) in [5.74, 6) is 0.930. The van der Waals surface area contributed by atoms with Crippen LogP contribution in [0.3, 0.4) is 0 Å². The molecule has 1 heterocycles. The van der Waals surface area contributed by atoms with Crippen molar-refractivity contribution in [2.24, 2.45) is 5.73 Å². The Labute approximate surface area is 85.3 Å². The Morgan fingerprint density at radius 1 is 1.71 bits per heavy atom. The Bertz CT molecular complexity index is 307. The van der Waals surface area contributed by atoms with E-state index in [1.165, 1.54) is 0 Å². The Morgan fingerprint density at radius 3 is 3.00 bits per heavy atom. The molecule has 0 aromatic carbocycles. The lowest BCUT2D eigenvalue weighted by Gasteiger charge is -2.17. The molecule has 0 saturated heterocycles. The third kappa shape index (κ3) is 2.57. The van der Waals surface area contributed by atoms with E-state index in [-0.39, 0.29) is 6.04 Å². The summed E-state index contributed by atoms with van der Waals surface area (Å²) < 4.78 is 0. The zero-order chi connectivity index (χ0) is 10.6. The molecule has 3 nitrogen and oxygen atoms in total. The predicted octanol–water partition coefficient (Wildman–Crippen LogP) is 1.72. The van der Waals surface area contributed by atoms with Crippen LogP contribution in [-0.2, 0) is 0 Å². The van der Waals surface area contributed by atoms with Gasteiger partial charge < -0.3 is 10.6 Å². The monoisotopic (exact) mass is 191 g/mol. The van der Waals surface area contributed by atoms with Gasteiger partial charge in [0, 0.05) is 25.8 Å². The van der Waals surface area contributed by atoms with Crippen LogP contribution >= 0.6 is 0 Å². The number of nitrogens with two attached hydrogens (primary N) is 1. The Balaban J connectivity index is 2.87. The summed E-state index contributed by atoms with van der Waals surface area (Å²) in [5, 5.41) is 0. The van der Waals surface area contributed by atoms with E-state index in [4.69, 9.17) is 5.73 Å². The molecule has 0 aliphatic rings. The van der Waals surface area contributed by atoms with Gasteiger partial charge in [-0.1, -0.05) is 6.08 Å². The molecule has 0 saturated carbocycles. The van der Waals surface area contributed by atoms with Crippen molar-refractivity contribution in [1.29, 1.82) is 0 Å². The second kappa shape index (κ2) is 4.77. The van der Waals surface area contributed by atoms with Gasteiger partial charge in [0.1, 0.15) is 5.82 Å². The molecule has 14 heavy (non-hydrogen) atoms. The largest absolute Gasteiger partial charge is 0.356 e. The second-order valence-electron chi connectivity index (χ2n) is 3.41. The third-order valence-corrected chi connectivity index (χ3v) is 2.09. The summed E-state index contributed by atoms with van der Waals surface area (Å²) in [6.45, 7) is 6.44. The SMILES string of the molecule is C=CCN(C)c1cc([C@H](C)N)ccn1. The summed E-state index contributed by atoms with van der Waals surface area (Å²) >= 11 is 0. The Kier molecular flexibility index (Phi) is 3.65. The lowest BCUT2D eigenvalue weighted by molar-refractivity contribution is 0.813. The van der Waals surface area contributed by atoms with Crippen molar-refractivity contribution in [2.45, 2.75) is 13.0 Å². The fraction of sp³-hybridized carbons (Fsp3) is 0.364. The first-order chi connectivity index (χ1) is 6.65. The van der Waals surface area contributed by atoms with Gasteiger partial charge in [-0.2, -0.15) is 0 Å². The predicted molar refractivity (Wildman–Crippen MR) is 60.3 cm³/mol. The molecule has 76 valence electrons. The van der Waals surface area contributed by atoms with Crippen molar-refractivity contribution >= 4 is 5.82 Å². The minimum atomic E-state index is 0.0499. The molecule has 0 spiro atoms. The number of nitrogens with zero attached hydrogens (tertiary/aromatic N) is 2. The van der Waals surface area contributed by atoms with Crippen molar-refractivity contribution in [1.82, 2.24) is 4.98 Å². The average molecular weight is 191 g/mol. The molecular formula is C11H17N3. The van der Waals surface area contributed by atoms with Gasteiger partial charge in [-0.3, -0.25) is 0 Å². The summed E-state index contributed by atoms with van der Waals surface area (Å²) in [4.78, 5) is 6.29.